The van der Waals surface area contributed by atoms with Gasteiger partial charge in [-0.2, -0.15) is 0 Å². The Morgan fingerprint density at radius 1 is 0.615 bits per heavy atom. The fourth-order valence-electron chi connectivity index (χ4n) is 9.28. The van der Waals surface area contributed by atoms with Crippen molar-refractivity contribution in [2.45, 2.75) is 115 Å². The summed E-state index contributed by atoms with van der Waals surface area (Å²) in [5.74, 6) is -2.63. The highest BCUT2D eigenvalue weighted by Gasteiger charge is 2.42. The highest BCUT2D eigenvalue weighted by atomic mass is 35.5. The molecule has 0 saturated heterocycles. The third kappa shape index (κ3) is 20.2. The SMILES string of the molecule is COC(=O)C(Cc1ccc(NC(=O)c2c(Cl)cccc2Cl)cc1)NC(=O)C1(CCCCN=[N+]=[N-])CCCC1.COC(=O)C(N)Cc1ccc(NC(=O)c2c(Cl)cccc2Cl)cc1.Cl.[N-]=[N+]=NCCCCC1(C(=O)O)CCCC1. The first kappa shape index (κ1) is 66.0. The fraction of sp³-hybridized carbons (Fsp3) is 0.444. The van der Waals surface area contributed by atoms with Crippen molar-refractivity contribution >= 4 is 106 Å². The minimum Gasteiger partial charge on any atom is -0.481 e. The number of rotatable bonds is 23. The van der Waals surface area contributed by atoms with Crippen LogP contribution in [0.15, 0.2) is 95.2 Å². The van der Waals surface area contributed by atoms with Gasteiger partial charge in [0.2, 0.25) is 5.91 Å². The summed E-state index contributed by atoms with van der Waals surface area (Å²) in [5, 5.41) is 25.7. The van der Waals surface area contributed by atoms with Gasteiger partial charge in [0.1, 0.15) is 12.1 Å². The quantitative estimate of drug-likeness (QED) is 0.0154. The second-order valence-corrected chi connectivity index (χ2v) is 20.3. The van der Waals surface area contributed by atoms with Gasteiger partial charge in [0.05, 0.1) is 50.9 Å². The number of anilines is 2. The number of aliphatic carboxylic acids is 1. The zero-order chi connectivity index (χ0) is 56.4. The van der Waals surface area contributed by atoms with E-state index in [-0.39, 0.29) is 56.0 Å². The summed E-state index contributed by atoms with van der Waals surface area (Å²) in [5.41, 5.74) is 24.4. The fourth-order valence-corrected chi connectivity index (χ4v) is 10.4. The zero-order valence-corrected chi connectivity index (χ0v) is 47.2. The van der Waals surface area contributed by atoms with Gasteiger partial charge in [0.25, 0.3) is 11.8 Å². The van der Waals surface area contributed by atoms with Crippen LogP contribution >= 0.6 is 58.8 Å². The molecule has 3 amide bonds. The van der Waals surface area contributed by atoms with E-state index >= 15 is 0 Å². The number of nitrogens with one attached hydrogen (secondary N) is 3. The lowest BCUT2D eigenvalue weighted by Crippen LogP contribution is -2.49. The van der Waals surface area contributed by atoms with Crippen LogP contribution in [0.3, 0.4) is 0 Å². The van der Waals surface area contributed by atoms with Crippen LogP contribution in [0.2, 0.25) is 20.1 Å². The summed E-state index contributed by atoms with van der Waals surface area (Å²) < 4.78 is 9.56. The van der Waals surface area contributed by atoms with E-state index in [1.54, 1.807) is 84.9 Å². The summed E-state index contributed by atoms with van der Waals surface area (Å²) in [4.78, 5) is 78.8. The van der Waals surface area contributed by atoms with E-state index < -0.39 is 52.6 Å². The van der Waals surface area contributed by atoms with Crippen LogP contribution in [0.5, 0.6) is 0 Å². The molecule has 0 heterocycles. The number of hydrogen-bond acceptors (Lipinski definition) is 11. The molecule has 6 N–H and O–H groups in total. The minimum absolute atomic E-state index is 0. The highest BCUT2D eigenvalue weighted by Crippen LogP contribution is 2.44. The van der Waals surface area contributed by atoms with Crippen molar-refractivity contribution in [2.75, 3.05) is 37.9 Å². The predicted octanol–water partition coefficient (Wildman–Crippen LogP) is 13.3. The van der Waals surface area contributed by atoms with Crippen molar-refractivity contribution in [2.24, 2.45) is 26.8 Å². The van der Waals surface area contributed by atoms with E-state index in [1.807, 2.05) is 0 Å². The molecule has 2 aliphatic carbocycles. The second-order valence-electron chi connectivity index (χ2n) is 18.7. The molecule has 6 rings (SSSR count). The first-order valence-electron chi connectivity index (χ1n) is 25.1. The lowest BCUT2D eigenvalue weighted by molar-refractivity contribution is -0.149. The van der Waals surface area contributed by atoms with Crippen LogP contribution in [0.4, 0.5) is 11.4 Å². The molecule has 2 unspecified atom stereocenters. The molecule has 0 radical (unpaired) electrons. The number of esters is 2. The van der Waals surface area contributed by atoms with Crippen LogP contribution in [0.25, 0.3) is 20.9 Å². The first-order valence-corrected chi connectivity index (χ1v) is 26.6. The van der Waals surface area contributed by atoms with Gasteiger partial charge in [-0.1, -0.05) is 132 Å². The Morgan fingerprint density at radius 2 is 1.00 bits per heavy atom. The number of unbranched alkanes of at least 4 members (excludes halogenated alkanes) is 2. The van der Waals surface area contributed by atoms with E-state index in [0.717, 1.165) is 88.2 Å². The summed E-state index contributed by atoms with van der Waals surface area (Å²) in [6.07, 6.45) is 12.2. The molecule has 78 heavy (non-hydrogen) atoms. The molecule has 0 bridgehead atoms. The third-order valence-electron chi connectivity index (χ3n) is 13.5. The Balaban J connectivity index is 0.000000340. The molecular formula is C54H65Cl5N10O9. The van der Waals surface area contributed by atoms with Crippen LogP contribution < -0.4 is 21.7 Å². The molecule has 19 nitrogen and oxygen atoms in total. The van der Waals surface area contributed by atoms with Gasteiger partial charge in [-0.3, -0.25) is 24.0 Å². The van der Waals surface area contributed by atoms with Gasteiger partial charge in [-0.05, 0) is 129 Å². The maximum atomic E-state index is 13.4. The number of ether oxygens (including phenoxy) is 2. The monoisotopic (exact) mass is 1170 g/mol. The van der Waals surface area contributed by atoms with Gasteiger partial charge in [-0.25, -0.2) is 4.79 Å². The summed E-state index contributed by atoms with van der Waals surface area (Å²) >= 11 is 24.3. The average Bonchev–Trinajstić information content (AvgIpc) is 4.11. The van der Waals surface area contributed by atoms with E-state index in [2.05, 4.69) is 40.7 Å². The summed E-state index contributed by atoms with van der Waals surface area (Å²) in [6, 6.07) is 22.0. The lowest BCUT2D eigenvalue weighted by Gasteiger charge is -2.30. The Hall–Kier alpha value is -6.27. The maximum absolute atomic E-state index is 13.4. The Kier molecular flexibility index (Phi) is 28.7. The number of hydrogen-bond donors (Lipinski definition) is 5. The molecule has 24 heteroatoms. The number of nitrogens with zero attached hydrogens (tertiary/aromatic N) is 6. The van der Waals surface area contributed by atoms with Gasteiger partial charge >= 0.3 is 17.9 Å². The van der Waals surface area contributed by atoms with Crippen molar-refractivity contribution < 1.29 is 43.3 Å². The van der Waals surface area contributed by atoms with Crippen molar-refractivity contribution in [1.29, 1.82) is 0 Å². The smallest absolute Gasteiger partial charge is 0.328 e. The molecule has 2 saturated carbocycles. The van der Waals surface area contributed by atoms with E-state index in [1.165, 1.54) is 14.2 Å². The topological polar surface area (TPSA) is 301 Å². The van der Waals surface area contributed by atoms with Crippen molar-refractivity contribution in [3.8, 4) is 0 Å². The van der Waals surface area contributed by atoms with Gasteiger partial charge < -0.3 is 36.3 Å². The minimum atomic E-state index is -0.851. The molecular weight excluding hydrogens is 1110 g/mol. The number of carbonyl (C=O) groups excluding carboxylic acids is 5. The van der Waals surface area contributed by atoms with Crippen LogP contribution in [0.1, 0.15) is 122 Å². The van der Waals surface area contributed by atoms with E-state index in [4.69, 9.17) is 67.9 Å². The van der Waals surface area contributed by atoms with Gasteiger partial charge in [0, 0.05) is 46.1 Å². The number of nitrogens with two attached hydrogens (primary N) is 1. The average molecular weight is 1180 g/mol. The van der Waals surface area contributed by atoms with Gasteiger partial charge in [0.15, 0.2) is 0 Å². The second kappa shape index (κ2) is 33.9. The molecule has 0 spiro atoms. The Bertz CT molecular complexity index is 2710. The van der Waals surface area contributed by atoms with Gasteiger partial charge in [-0.15, -0.1) is 12.4 Å². The van der Waals surface area contributed by atoms with E-state index in [0.29, 0.717) is 43.7 Å². The summed E-state index contributed by atoms with van der Waals surface area (Å²) in [6.45, 7) is 0.882. The number of methoxy groups -OCH3 is 2. The van der Waals surface area contributed by atoms with Crippen molar-refractivity contribution in [1.82, 2.24) is 5.32 Å². The number of carboxylic acids is 1. The molecule has 420 valence electrons. The Labute approximate surface area is 479 Å². The summed E-state index contributed by atoms with van der Waals surface area (Å²) in [7, 11) is 2.58. The van der Waals surface area contributed by atoms with Crippen LogP contribution in [0, 0.1) is 10.8 Å². The highest BCUT2D eigenvalue weighted by molar-refractivity contribution is 6.41. The molecule has 4 aromatic carbocycles. The molecule has 2 aliphatic rings. The number of azide groups is 2. The van der Waals surface area contributed by atoms with Crippen LogP contribution in [-0.4, -0.2) is 80.1 Å². The number of amides is 3. The largest absolute Gasteiger partial charge is 0.481 e. The maximum Gasteiger partial charge on any atom is 0.328 e. The molecule has 4 aromatic rings. The standard InChI is InChI=1S/C27H31Cl2N5O4.C17H16Cl2N2O3.C10H17N3O2.ClH/c1-38-25(36)22(33-26(37)27(13-2-3-14-27)15-4-5-16-31-34-30)17-18-9-11-19(12-10-18)32-24(35)23-20(28)7-6-8-21(23)29;1-24-17(23)14(20)9-10-5-7-11(8-6-10)21-16(22)15-12(18)3-2-4-13(15)19;11-13-12-8-4-3-7-10(9(14)15)5-1-2-6-10;/h6-12,22H,2-5,13-17H2,1H3,(H,32,35)(H,33,37);2-8,14H,9,20H2,1H3,(H,21,22);1-8H2,(H,14,15);1H. The molecule has 0 aliphatic heterocycles. The lowest BCUT2D eigenvalue weighted by atomic mass is 9.79. The van der Waals surface area contributed by atoms with Crippen molar-refractivity contribution in [3.05, 3.63) is 148 Å². The number of carboxylic acid groups (broad SMARTS) is 1. The zero-order valence-electron chi connectivity index (χ0n) is 43.4. The molecule has 2 fully saturated rings. The first-order chi connectivity index (χ1) is 36.9. The van der Waals surface area contributed by atoms with Crippen LogP contribution in [-0.2, 0) is 41.5 Å². The number of carbonyl (C=O) groups is 6. The normalized spacial score (nSPS) is 14.3. The predicted molar refractivity (Wildman–Crippen MR) is 305 cm³/mol. The van der Waals surface area contributed by atoms with E-state index in [9.17, 15) is 33.9 Å². The number of halogens is 5. The molecule has 0 aromatic heterocycles. The Morgan fingerprint density at radius 3 is 1.38 bits per heavy atom. The molecule has 2 atom stereocenters. The number of benzene rings is 4. The van der Waals surface area contributed by atoms with Crippen molar-refractivity contribution in [3.63, 3.8) is 0 Å². The third-order valence-corrected chi connectivity index (χ3v) is 14.8.